The van der Waals surface area contributed by atoms with Crippen LogP contribution in [0.25, 0.3) is 32.0 Å². The molecule has 0 radical (unpaired) electrons. The highest BCUT2D eigenvalue weighted by Gasteiger charge is 2.29. The van der Waals surface area contributed by atoms with Gasteiger partial charge in [0.15, 0.2) is 5.76 Å². The molecule has 9 nitrogen and oxygen atoms in total. The quantitative estimate of drug-likeness (QED) is 0.0982. The Hall–Kier alpha value is -6.17. The normalized spacial score (nSPS) is 11.6. The van der Waals surface area contributed by atoms with Crippen LogP contribution in [0.1, 0.15) is 64.4 Å². The maximum Gasteiger partial charge on any atom is 0.287 e. The first-order chi connectivity index (χ1) is 28.4. The third-order valence-electron chi connectivity index (χ3n) is 9.68. The predicted molar refractivity (Wildman–Crippen MR) is 231 cm³/mol. The lowest BCUT2D eigenvalue weighted by Crippen LogP contribution is -2.43. The second kappa shape index (κ2) is 19.3. The highest BCUT2D eigenvalue weighted by atomic mass is 32.1. The molecule has 4 aromatic carbocycles. The molecule has 58 heavy (non-hydrogen) atoms. The Balaban J connectivity index is 0.987. The first-order valence-corrected chi connectivity index (χ1v) is 21.1. The molecule has 0 spiro atoms. The minimum Gasteiger partial charge on any atom is -0.459 e. The number of hydrogen-bond acceptors (Lipinski definition) is 8. The summed E-state index contributed by atoms with van der Waals surface area (Å²) in [6, 6.07) is 38.4. The molecule has 7 aromatic rings. The summed E-state index contributed by atoms with van der Waals surface area (Å²) in [4.78, 5) is 55.3. The number of hydrogen-bond donors (Lipinski definition) is 1. The van der Waals surface area contributed by atoms with Gasteiger partial charge in [-0.15, -0.1) is 22.7 Å². The van der Waals surface area contributed by atoms with Gasteiger partial charge in [0.2, 0.25) is 11.8 Å². The standard InChI is InChI=1S/C47H45N5O4S2/c1-3-25-51(44(53)28-33-12-7-5-8-13-33)31-42-48-29-40(57-42)36-21-17-34(18-22-36)35-19-23-37(24-20-35)41-30-49-43(58-41)32-52(26-4-2)47(55)45(38-14-9-6-10-15-38)50-46(54)39-16-11-27-56-39/h5-24,27,29-30,45H,3-4,25-26,28,31-32H2,1-2H3,(H,50,54)/t45-/m0/s1. The van der Waals surface area contributed by atoms with Crippen LogP contribution in [0.3, 0.4) is 0 Å². The van der Waals surface area contributed by atoms with Crippen LogP contribution in [0.5, 0.6) is 0 Å². The molecule has 294 valence electrons. The van der Waals surface area contributed by atoms with Crippen LogP contribution >= 0.6 is 22.7 Å². The fourth-order valence-corrected chi connectivity index (χ4v) is 8.60. The van der Waals surface area contributed by atoms with E-state index in [0.717, 1.165) is 60.4 Å². The summed E-state index contributed by atoms with van der Waals surface area (Å²) in [5.41, 5.74) is 6.04. The summed E-state index contributed by atoms with van der Waals surface area (Å²) in [6.07, 6.45) is 7.22. The van der Waals surface area contributed by atoms with Gasteiger partial charge in [0.25, 0.3) is 5.91 Å². The molecule has 11 heteroatoms. The topological polar surface area (TPSA) is 109 Å². The predicted octanol–water partition coefficient (Wildman–Crippen LogP) is 10.1. The number of carbonyl (C=O) groups excluding carboxylic acids is 3. The lowest BCUT2D eigenvalue weighted by molar-refractivity contribution is -0.134. The summed E-state index contributed by atoms with van der Waals surface area (Å²) in [6.45, 7) is 6.16. The highest BCUT2D eigenvalue weighted by molar-refractivity contribution is 7.15. The number of furan rings is 1. The van der Waals surface area contributed by atoms with Crippen molar-refractivity contribution in [1.82, 2.24) is 25.1 Å². The van der Waals surface area contributed by atoms with Crippen LogP contribution in [0.15, 0.2) is 144 Å². The van der Waals surface area contributed by atoms with Crippen molar-refractivity contribution in [1.29, 1.82) is 0 Å². The van der Waals surface area contributed by atoms with Gasteiger partial charge in [0, 0.05) is 25.5 Å². The van der Waals surface area contributed by atoms with Crippen LogP contribution in [0.2, 0.25) is 0 Å². The van der Waals surface area contributed by atoms with Gasteiger partial charge in [-0.05, 0) is 58.4 Å². The van der Waals surface area contributed by atoms with Crippen LogP contribution in [0, 0.1) is 0 Å². The Labute approximate surface area is 347 Å². The molecule has 0 saturated carbocycles. The van der Waals surface area contributed by atoms with Gasteiger partial charge in [-0.3, -0.25) is 14.4 Å². The first-order valence-electron chi connectivity index (χ1n) is 19.5. The Morgan fingerprint density at radius 1 is 0.638 bits per heavy atom. The van der Waals surface area contributed by atoms with Crippen molar-refractivity contribution in [2.75, 3.05) is 13.1 Å². The number of carbonyl (C=O) groups is 3. The lowest BCUT2D eigenvalue weighted by atomic mass is 10.0. The van der Waals surface area contributed by atoms with Gasteiger partial charge in [-0.2, -0.15) is 0 Å². The molecule has 3 heterocycles. The molecule has 1 N–H and O–H groups in total. The number of amides is 3. The molecule has 1 atom stereocenters. The smallest absolute Gasteiger partial charge is 0.287 e. The second-order valence-corrected chi connectivity index (χ2v) is 16.2. The van der Waals surface area contributed by atoms with Crippen molar-refractivity contribution < 1.29 is 18.8 Å². The molecular formula is C47H45N5O4S2. The second-order valence-electron chi connectivity index (χ2n) is 13.9. The van der Waals surface area contributed by atoms with Crippen molar-refractivity contribution in [3.63, 3.8) is 0 Å². The fraction of sp³-hybridized carbons (Fsp3) is 0.213. The largest absolute Gasteiger partial charge is 0.459 e. The average molecular weight is 808 g/mol. The van der Waals surface area contributed by atoms with Gasteiger partial charge < -0.3 is 19.5 Å². The fourth-order valence-electron chi connectivity index (χ4n) is 6.72. The number of aromatic nitrogens is 2. The lowest BCUT2D eigenvalue weighted by Gasteiger charge is -2.27. The summed E-state index contributed by atoms with van der Waals surface area (Å²) in [5, 5.41) is 4.62. The van der Waals surface area contributed by atoms with E-state index in [0.29, 0.717) is 38.2 Å². The number of rotatable bonds is 17. The molecule has 3 amide bonds. The van der Waals surface area contributed by atoms with E-state index >= 15 is 0 Å². The third kappa shape index (κ3) is 10.0. The minimum absolute atomic E-state index is 0.115. The number of nitrogens with zero attached hydrogens (tertiary/aromatic N) is 4. The molecule has 0 aliphatic heterocycles. The van der Waals surface area contributed by atoms with E-state index in [1.807, 2.05) is 84.9 Å². The molecule has 0 bridgehead atoms. The molecule has 3 aromatic heterocycles. The van der Waals surface area contributed by atoms with Crippen LogP contribution < -0.4 is 5.32 Å². The van der Waals surface area contributed by atoms with Crippen LogP contribution in [-0.2, 0) is 29.1 Å². The Bertz CT molecular complexity index is 2390. The van der Waals surface area contributed by atoms with E-state index in [9.17, 15) is 14.4 Å². The maximum atomic E-state index is 14.1. The summed E-state index contributed by atoms with van der Waals surface area (Å²) in [7, 11) is 0. The SMILES string of the molecule is CCCN(Cc1ncc(-c2ccc(-c3ccc(-c4cnc(CN(CCC)C(=O)[C@@H](NC(=O)c5ccco5)c5ccccc5)s4)cc3)cc2)s1)C(=O)Cc1ccccc1. The van der Waals surface area contributed by atoms with Gasteiger partial charge in [-0.1, -0.05) is 123 Å². The number of thiazole rings is 2. The van der Waals surface area contributed by atoms with Gasteiger partial charge >= 0.3 is 0 Å². The van der Waals surface area contributed by atoms with Crippen molar-refractivity contribution in [3.05, 3.63) is 167 Å². The molecule has 7 rings (SSSR count). The van der Waals surface area contributed by atoms with Crippen molar-refractivity contribution in [2.24, 2.45) is 0 Å². The van der Waals surface area contributed by atoms with E-state index in [2.05, 4.69) is 65.8 Å². The van der Waals surface area contributed by atoms with Gasteiger partial charge in [0.1, 0.15) is 16.1 Å². The minimum atomic E-state index is -0.880. The van der Waals surface area contributed by atoms with Crippen LogP contribution in [-0.4, -0.2) is 50.6 Å². The van der Waals surface area contributed by atoms with Crippen molar-refractivity contribution in [3.8, 4) is 32.0 Å². The summed E-state index contributed by atoms with van der Waals surface area (Å²) in [5.74, 6) is -0.397. The van der Waals surface area contributed by atoms with E-state index < -0.39 is 11.9 Å². The monoisotopic (exact) mass is 807 g/mol. The summed E-state index contributed by atoms with van der Waals surface area (Å²) >= 11 is 3.18. The molecule has 0 saturated heterocycles. The molecular weight excluding hydrogens is 763 g/mol. The van der Waals surface area contributed by atoms with Crippen molar-refractivity contribution >= 4 is 40.4 Å². The van der Waals surface area contributed by atoms with E-state index in [1.54, 1.807) is 39.7 Å². The van der Waals surface area contributed by atoms with E-state index in [-0.39, 0.29) is 17.6 Å². The average Bonchev–Trinajstić information content (AvgIpc) is 4.07. The Kier molecular flexibility index (Phi) is 13.3. The molecule has 0 aliphatic rings. The highest BCUT2D eigenvalue weighted by Crippen LogP contribution is 2.32. The van der Waals surface area contributed by atoms with Crippen LogP contribution in [0.4, 0.5) is 0 Å². The molecule has 0 aliphatic carbocycles. The Morgan fingerprint density at radius 2 is 1.16 bits per heavy atom. The van der Waals surface area contributed by atoms with Crippen molar-refractivity contribution in [2.45, 2.75) is 52.2 Å². The first kappa shape index (κ1) is 40.0. The molecule has 0 unspecified atom stereocenters. The number of nitrogens with one attached hydrogen (secondary N) is 1. The van der Waals surface area contributed by atoms with Gasteiger partial charge in [-0.25, -0.2) is 9.97 Å². The van der Waals surface area contributed by atoms with E-state index in [1.165, 1.54) is 6.26 Å². The number of benzene rings is 4. The van der Waals surface area contributed by atoms with Gasteiger partial charge in [0.05, 0.1) is 35.5 Å². The zero-order valence-electron chi connectivity index (χ0n) is 32.5. The van der Waals surface area contributed by atoms with E-state index in [4.69, 9.17) is 9.40 Å². The third-order valence-corrected chi connectivity index (χ3v) is 11.7. The Morgan fingerprint density at radius 3 is 1.69 bits per heavy atom. The zero-order chi connectivity index (χ0) is 40.3. The zero-order valence-corrected chi connectivity index (χ0v) is 34.2. The molecule has 0 fully saturated rings. The maximum absolute atomic E-state index is 14.1. The summed E-state index contributed by atoms with van der Waals surface area (Å²) < 4.78 is 5.29.